The molecule has 0 radical (unpaired) electrons. The Labute approximate surface area is 348 Å². The number of thiazole rings is 1. The maximum absolute atomic E-state index is 15.7. The van der Waals surface area contributed by atoms with E-state index in [2.05, 4.69) is 35.7 Å². The minimum Gasteiger partial charge on any atom is -0.366 e. The summed E-state index contributed by atoms with van der Waals surface area (Å²) in [6.07, 6.45) is 5.55. The number of carbonyl (C=O) groups is 5. The Morgan fingerprint density at radius 1 is 0.949 bits per heavy atom. The molecule has 2 aromatic carbocycles. The fourth-order valence-electron chi connectivity index (χ4n) is 9.14. The van der Waals surface area contributed by atoms with E-state index in [1.807, 2.05) is 36.9 Å². The lowest BCUT2D eigenvalue weighted by molar-refractivity contribution is -0.136. The van der Waals surface area contributed by atoms with Crippen LogP contribution >= 0.6 is 22.9 Å². The van der Waals surface area contributed by atoms with Crippen molar-refractivity contribution in [2.75, 3.05) is 53.2 Å². The molecular formula is C41H42ClFN10O5S. The number of piperazine rings is 1. The SMILES string of the molecule is Cc1nc(Nc2ncc(C(=O)Nc3c(C)cccc3Cl)s2)cc(N2CCC(CN3C4CCC3CN(c3cc5c(cc3F)C(=O)N(C3CCC(=O)NC3=O)C5=O)C4)CC2)n1. The van der Waals surface area contributed by atoms with Crippen LogP contribution in [0.2, 0.25) is 5.02 Å². The van der Waals surface area contributed by atoms with E-state index in [1.165, 1.54) is 23.6 Å². The quantitative estimate of drug-likeness (QED) is 0.186. The van der Waals surface area contributed by atoms with Gasteiger partial charge in [0.2, 0.25) is 11.8 Å². The highest BCUT2D eigenvalue weighted by atomic mass is 35.5. The Hall–Kier alpha value is -5.52. The number of fused-ring (bicyclic) bond motifs is 3. The van der Waals surface area contributed by atoms with Gasteiger partial charge in [0.25, 0.3) is 17.7 Å². The molecule has 4 fully saturated rings. The monoisotopic (exact) mass is 840 g/mol. The van der Waals surface area contributed by atoms with Gasteiger partial charge in [-0.05, 0) is 75.6 Å². The van der Waals surface area contributed by atoms with Crippen LogP contribution in [0.1, 0.15) is 80.3 Å². The fraction of sp³-hybridized carbons (Fsp3) is 0.415. The third kappa shape index (κ3) is 7.51. The van der Waals surface area contributed by atoms with E-state index in [0.29, 0.717) is 51.4 Å². The Morgan fingerprint density at radius 3 is 2.39 bits per heavy atom. The van der Waals surface area contributed by atoms with Crippen molar-refractivity contribution in [3.8, 4) is 0 Å². The minimum absolute atomic E-state index is 0.0165. The molecule has 0 aliphatic carbocycles. The molecule has 3 N–H and O–H groups in total. The first kappa shape index (κ1) is 39.0. The number of anilines is 5. The number of benzene rings is 2. The molecule has 0 saturated carbocycles. The summed E-state index contributed by atoms with van der Waals surface area (Å²) in [7, 11) is 0. The second-order valence-corrected chi connectivity index (χ2v) is 17.4. The van der Waals surface area contributed by atoms with Crippen LogP contribution in [0.25, 0.3) is 0 Å². The van der Waals surface area contributed by atoms with Crippen LogP contribution in [0.3, 0.4) is 0 Å². The summed E-state index contributed by atoms with van der Waals surface area (Å²) < 4.78 is 15.7. The molecule has 4 saturated heterocycles. The zero-order chi connectivity index (χ0) is 41.1. The highest BCUT2D eigenvalue weighted by molar-refractivity contribution is 7.17. The van der Waals surface area contributed by atoms with Gasteiger partial charge in [-0.15, -0.1) is 0 Å². The van der Waals surface area contributed by atoms with Crippen molar-refractivity contribution in [3.05, 3.63) is 80.8 Å². The van der Waals surface area contributed by atoms with Crippen LogP contribution in [0.15, 0.2) is 42.6 Å². The summed E-state index contributed by atoms with van der Waals surface area (Å²) in [6, 6.07) is 9.30. The number of carbonyl (C=O) groups excluding carboxylic acids is 5. The number of aryl methyl sites for hydroxylation is 2. The number of imide groups is 2. The van der Waals surface area contributed by atoms with Gasteiger partial charge in [-0.2, -0.15) is 0 Å². The average molecular weight is 841 g/mol. The fourth-order valence-corrected chi connectivity index (χ4v) is 10.1. The van der Waals surface area contributed by atoms with Gasteiger partial charge in [-0.25, -0.2) is 19.3 Å². The lowest BCUT2D eigenvalue weighted by atomic mass is 9.95. The van der Waals surface area contributed by atoms with E-state index in [4.69, 9.17) is 16.6 Å². The summed E-state index contributed by atoms with van der Waals surface area (Å²) in [5, 5.41) is 9.33. The largest absolute Gasteiger partial charge is 0.366 e. The molecule has 15 nitrogen and oxygen atoms in total. The highest BCUT2D eigenvalue weighted by Crippen LogP contribution is 2.39. The Bertz CT molecular complexity index is 2370. The van der Waals surface area contributed by atoms with Crippen molar-refractivity contribution in [1.82, 2.24) is 30.1 Å². The maximum Gasteiger partial charge on any atom is 0.267 e. The zero-order valence-corrected chi connectivity index (χ0v) is 34.0. The third-order valence-corrected chi connectivity index (χ3v) is 13.4. The van der Waals surface area contributed by atoms with Gasteiger partial charge in [-0.3, -0.25) is 39.1 Å². The van der Waals surface area contributed by atoms with Crippen LogP contribution in [-0.4, -0.2) is 105 Å². The van der Waals surface area contributed by atoms with E-state index in [0.717, 1.165) is 67.7 Å². The van der Waals surface area contributed by atoms with Crippen molar-refractivity contribution >= 4 is 80.6 Å². The molecule has 9 rings (SSSR count). The summed E-state index contributed by atoms with van der Waals surface area (Å²) in [5.41, 5.74) is 1.75. The first-order chi connectivity index (χ1) is 28.4. The lowest BCUT2D eigenvalue weighted by Gasteiger charge is -2.44. The van der Waals surface area contributed by atoms with E-state index < -0.39 is 35.5 Å². The number of nitrogens with one attached hydrogen (secondary N) is 3. The van der Waals surface area contributed by atoms with Gasteiger partial charge in [0.1, 0.15) is 34.2 Å². The number of amides is 5. The molecule has 306 valence electrons. The second-order valence-electron chi connectivity index (χ2n) is 15.9. The highest BCUT2D eigenvalue weighted by Gasteiger charge is 2.46. The van der Waals surface area contributed by atoms with Gasteiger partial charge in [-0.1, -0.05) is 35.1 Å². The van der Waals surface area contributed by atoms with Crippen LogP contribution in [0, 0.1) is 25.6 Å². The average Bonchev–Trinajstić information content (AvgIpc) is 3.83. The van der Waals surface area contributed by atoms with Crippen molar-refractivity contribution in [2.24, 2.45) is 5.92 Å². The number of aromatic nitrogens is 3. The standard InChI is InChI=1S/C41H42ClFN10O5S/c1-21-4-3-5-28(42)36(21)49-38(56)32-17-44-41(59-32)47-33-16-34(46-22(2)45-33)50-12-10-23(11-13-50)18-52-24-6-7-25(52)20-51(19-24)31-15-27-26(14-29(31)43)39(57)53(40(27)58)30-8-9-35(54)48-37(30)55/h3-5,14-17,23-25,30H,6-13,18-20H2,1-2H3,(H,49,56)(H,48,54,55)(H,44,45,46,47). The third-order valence-electron chi connectivity index (χ3n) is 12.1. The van der Waals surface area contributed by atoms with Crippen molar-refractivity contribution < 1.29 is 28.4 Å². The van der Waals surface area contributed by atoms with Gasteiger partial charge in [0.05, 0.1) is 33.7 Å². The number of hydrogen-bond acceptors (Lipinski definition) is 13. The van der Waals surface area contributed by atoms with Crippen molar-refractivity contribution in [2.45, 2.75) is 70.5 Å². The smallest absolute Gasteiger partial charge is 0.267 e. The molecule has 7 heterocycles. The summed E-state index contributed by atoms with van der Waals surface area (Å²) in [5.74, 6) is -0.853. The molecule has 2 aromatic heterocycles. The van der Waals surface area contributed by atoms with Gasteiger partial charge in [0.15, 0.2) is 5.13 Å². The van der Waals surface area contributed by atoms with Crippen molar-refractivity contribution in [3.63, 3.8) is 0 Å². The first-order valence-corrected chi connectivity index (χ1v) is 21.1. The van der Waals surface area contributed by atoms with Gasteiger partial charge in [0, 0.05) is 57.3 Å². The predicted molar refractivity (Wildman–Crippen MR) is 220 cm³/mol. The Balaban J connectivity index is 0.799. The van der Waals surface area contributed by atoms with E-state index in [-0.39, 0.29) is 47.6 Å². The molecule has 5 aliphatic rings. The molecule has 5 aliphatic heterocycles. The van der Waals surface area contributed by atoms with Crippen molar-refractivity contribution in [1.29, 1.82) is 0 Å². The number of rotatable bonds is 9. The molecule has 0 spiro atoms. The Kier molecular flexibility index (Phi) is 10.3. The first-order valence-electron chi connectivity index (χ1n) is 19.9. The van der Waals surface area contributed by atoms with Crippen LogP contribution in [0.4, 0.5) is 32.5 Å². The van der Waals surface area contributed by atoms with Gasteiger partial charge >= 0.3 is 0 Å². The van der Waals surface area contributed by atoms with E-state index >= 15 is 4.39 Å². The summed E-state index contributed by atoms with van der Waals surface area (Å²) in [4.78, 5) is 85.7. The normalized spacial score (nSPS) is 22.2. The number of para-hydroxylation sites is 1. The second kappa shape index (κ2) is 15.6. The molecule has 4 aromatic rings. The Morgan fingerprint density at radius 2 is 1.68 bits per heavy atom. The van der Waals surface area contributed by atoms with Crippen LogP contribution in [0.5, 0.6) is 0 Å². The lowest BCUT2D eigenvalue weighted by Crippen LogP contribution is -2.55. The summed E-state index contributed by atoms with van der Waals surface area (Å²) in [6.45, 7) is 7.56. The topological polar surface area (TPSA) is 173 Å². The maximum atomic E-state index is 15.7. The molecule has 2 bridgehead atoms. The van der Waals surface area contributed by atoms with Crippen LogP contribution in [-0.2, 0) is 9.59 Å². The minimum atomic E-state index is -1.10. The molecule has 18 heteroatoms. The van der Waals surface area contributed by atoms with Crippen LogP contribution < -0.4 is 25.8 Å². The van der Waals surface area contributed by atoms with Gasteiger partial charge < -0.3 is 20.4 Å². The molecule has 3 unspecified atom stereocenters. The number of hydrogen-bond donors (Lipinski definition) is 3. The number of halogens is 2. The molecule has 3 atom stereocenters. The molecular weight excluding hydrogens is 799 g/mol. The number of nitrogens with zero attached hydrogens (tertiary/aromatic N) is 7. The zero-order valence-electron chi connectivity index (χ0n) is 32.5. The summed E-state index contributed by atoms with van der Waals surface area (Å²) >= 11 is 7.52. The number of piperidine rings is 2. The van der Waals surface area contributed by atoms with E-state index in [1.54, 1.807) is 6.07 Å². The van der Waals surface area contributed by atoms with E-state index in [9.17, 15) is 24.0 Å². The molecule has 5 amide bonds. The molecule has 59 heavy (non-hydrogen) atoms. The predicted octanol–water partition coefficient (Wildman–Crippen LogP) is 5.31.